The normalized spacial score (nSPS) is 14.3. The monoisotopic (exact) mass is 220 g/mol. The number of hydrogen-bond acceptors (Lipinski definition) is 4. The summed E-state index contributed by atoms with van der Waals surface area (Å²) < 4.78 is 0. The Balaban J connectivity index is 2.22. The number of nitrogen functional groups attached to an aromatic ring is 1. The van der Waals surface area contributed by atoms with Crippen molar-refractivity contribution in [1.82, 2.24) is 9.88 Å². The molecule has 2 N–H and O–H groups in total. The second-order valence-corrected chi connectivity index (χ2v) is 4.27. The van der Waals surface area contributed by atoms with Crippen molar-refractivity contribution >= 4 is 17.3 Å². The van der Waals surface area contributed by atoms with Gasteiger partial charge in [0.1, 0.15) is 0 Å². The molecule has 5 nitrogen and oxygen atoms in total. The number of fused-ring (bicyclic) bond motifs is 1. The van der Waals surface area contributed by atoms with Gasteiger partial charge in [-0.25, -0.2) is 0 Å². The molecule has 16 heavy (non-hydrogen) atoms. The summed E-state index contributed by atoms with van der Waals surface area (Å²) in [6.45, 7) is 1.12. The Hall–Kier alpha value is -1.62. The van der Waals surface area contributed by atoms with Crippen LogP contribution in [-0.2, 0) is 11.2 Å². The van der Waals surface area contributed by atoms with E-state index in [4.69, 9.17) is 5.73 Å². The van der Waals surface area contributed by atoms with Gasteiger partial charge in [0, 0.05) is 13.0 Å². The number of rotatable bonds is 2. The van der Waals surface area contributed by atoms with Gasteiger partial charge in [-0.15, -0.1) is 0 Å². The van der Waals surface area contributed by atoms with E-state index in [0.717, 1.165) is 17.8 Å². The molecule has 5 heteroatoms. The Labute approximate surface area is 94.9 Å². The lowest BCUT2D eigenvalue weighted by Gasteiger charge is -2.19. The topological polar surface area (TPSA) is 62.5 Å². The van der Waals surface area contributed by atoms with E-state index >= 15 is 0 Å². The highest BCUT2D eigenvalue weighted by molar-refractivity contribution is 5.96. The van der Waals surface area contributed by atoms with Gasteiger partial charge < -0.3 is 15.5 Å². The highest BCUT2D eigenvalue weighted by Crippen LogP contribution is 2.27. The number of nitrogens with zero attached hydrogens (tertiary/aromatic N) is 3. The number of aromatic nitrogens is 1. The fourth-order valence-corrected chi connectivity index (χ4v) is 1.88. The van der Waals surface area contributed by atoms with Gasteiger partial charge in [0.2, 0.25) is 5.91 Å². The van der Waals surface area contributed by atoms with E-state index in [1.807, 2.05) is 25.1 Å². The molecule has 0 unspecified atom stereocenters. The smallest absolute Gasteiger partial charge is 0.241 e. The molecule has 2 heterocycles. The van der Waals surface area contributed by atoms with Crippen LogP contribution in [0.1, 0.15) is 5.69 Å². The Morgan fingerprint density at radius 3 is 3.06 bits per heavy atom. The summed E-state index contributed by atoms with van der Waals surface area (Å²) in [5.41, 5.74) is 8.11. The molecule has 0 saturated heterocycles. The molecule has 0 atom stereocenters. The first-order valence-corrected chi connectivity index (χ1v) is 5.27. The van der Waals surface area contributed by atoms with Crippen LogP contribution in [0.15, 0.2) is 12.3 Å². The maximum atomic E-state index is 11.9. The predicted octanol–water partition coefficient (Wildman–Crippen LogP) is 0.115. The summed E-state index contributed by atoms with van der Waals surface area (Å²) in [4.78, 5) is 19.8. The fourth-order valence-electron chi connectivity index (χ4n) is 1.88. The first kappa shape index (κ1) is 10.9. The van der Waals surface area contributed by atoms with Crippen LogP contribution in [0, 0.1) is 0 Å². The number of nitrogens with two attached hydrogens (primary N) is 1. The zero-order chi connectivity index (χ0) is 11.7. The number of pyridine rings is 1. The fraction of sp³-hybridized carbons (Fsp3) is 0.455. The third-order valence-electron chi connectivity index (χ3n) is 2.58. The van der Waals surface area contributed by atoms with Crippen molar-refractivity contribution in [2.75, 3.05) is 37.8 Å². The molecule has 0 aromatic carbocycles. The van der Waals surface area contributed by atoms with Crippen molar-refractivity contribution in [1.29, 1.82) is 0 Å². The molecule has 86 valence electrons. The van der Waals surface area contributed by atoms with Crippen molar-refractivity contribution in [2.24, 2.45) is 0 Å². The standard InChI is InChI=1S/C11H16N4O/c1-14(2)7-11(16)15-4-3-9-10(15)5-8(12)6-13-9/h5-6H,3-4,7,12H2,1-2H3. The first-order chi connectivity index (χ1) is 7.58. The molecule has 0 spiro atoms. The summed E-state index contributed by atoms with van der Waals surface area (Å²) in [6.07, 6.45) is 2.45. The maximum absolute atomic E-state index is 11.9. The van der Waals surface area contributed by atoms with Crippen molar-refractivity contribution in [3.05, 3.63) is 18.0 Å². The molecule has 0 radical (unpaired) electrons. The van der Waals surface area contributed by atoms with Crippen molar-refractivity contribution in [3.63, 3.8) is 0 Å². The third-order valence-corrected chi connectivity index (χ3v) is 2.58. The van der Waals surface area contributed by atoms with E-state index < -0.39 is 0 Å². The average molecular weight is 220 g/mol. The summed E-state index contributed by atoms with van der Waals surface area (Å²) in [7, 11) is 3.76. The summed E-state index contributed by atoms with van der Waals surface area (Å²) >= 11 is 0. The molecule has 1 aromatic heterocycles. The van der Waals surface area contributed by atoms with Gasteiger partial charge in [0.15, 0.2) is 0 Å². The molecule has 0 fully saturated rings. The van der Waals surface area contributed by atoms with E-state index in [1.165, 1.54) is 0 Å². The minimum absolute atomic E-state index is 0.0937. The molecule has 0 aliphatic carbocycles. The predicted molar refractivity (Wildman–Crippen MR) is 63.3 cm³/mol. The maximum Gasteiger partial charge on any atom is 0.241 e. The van der Waals surface area contributed by atoms with E-state index in [-0.39, 0.29) is 5.91 Å². The molecule has 0 bridgehead atoms. The van der Waals surface area contributed by atoms with Gasteiger partial charge in [0.05, 0.1) is 29.8 Å². The Bertz CT molecular complexity index is 416. The zero-order valence-corrected chi connectivity index (χ0v) is 9.60. The molecule has 0 saturated carbocycles. The second-order valence-electron chi connectivity index (χ2n) is 4.27. The highest BCUT2D eigenvalue weighted by atomic mass is 16.2. The van der Waals surface area contributed by atoms with Gasteiger partial charge in [-0.05, 0) is 20.2 Å². The van der Waals surface area contributed by atoms with Crippen LogP contribution in [-0.4, -0.2) is 43.0 Å². The lowest BCUT2D eigenvalue weighted by Crippen LogP contribution is -2.36. The lowest BCUT2D eigenvalue weighted by molar-refractivity contribution is -0.119. The van der Waals surface area contributed by atoms with Crippen LogP contribution in [0.5, 0.6) is 0 Å². The van der Waals surface area contributed by atoms with Crippen LogP contribution in [0.4, 0.5) is 11.4 Å². The SMILES string of the molecule is CN(C)CC(=O)N1CCc2ncc(N)cc21. The number of hydrogen-bond donors (Lipinski definition) is 1. The molecular weight excluding hydrogens is 204 g/mol. The van der Waals surface area contributed by atoms with E-state index in [9.17, 15) is 4.79 Å². The Morgan fingerprint density at radius 2 is 2.38 bits per heavy atom. The van der Waals surface area contributed by atoms with Crippen LogP contribution < -0.4 is 10.6 Å². The van der Waals surface area contributed by atoms with E-state index in [1.54, 1.807) is 11.1 Å². The number of carbonyl (C=O) groups excluding carboxylic acids is 1. The third kappa shape index (κ3) is 1.99. The average Bonchev–Trinajstić information content (AvgIpc) is 2.59. The van der Waals surface area contributed by atoms with Crippen molar-refractivity contribution in [3.8, 4) is 0 Å². The minimum atomic E-state index is 0.0937. The highest BCUT2D eigenvalue weighted by Gasteiger charge is 2.25. The van der Waals surface area contributed by atoms with E-state index in [2.05, 4.69) is 4.98 Å². The largest absolute Gasteiger partial charge is 0.397 e. The van der Waals surface area contributed by atoms with Crippen LogP contribution in [0.2, 0.25) is 0 Å². The van der Waals surface area contributed by atoms with Crippen LogP contribution >= 0.6 is 0 Å². The minimum Gasteiger partial charge on any atom is -0.397 e. The van der Waals surface area contributed by atoms with Gasteiger partial charge in [-0.1, -0.05) is 0 Å². The second kappa shape index (κ2) is 4.09. The van der Waals surface area contributed by atoms with Gasteiger partial charge >= 0.3 is 0 Å². The van der Waals surface area contributed by atoms with Gasteiger partial charge in [0.25, 0.3) is 0 Å². The number of amides is 1. The van der Waals surface area contributed by atoms with Gasteiger partial charge in [-0.2, -0.15) is 0 Å². The molecule has 1 aromatic rings. The number of likely N-dealkylation sites (N-methyl/N-ethyl adjacent to an activating group) is 1. The Morgan fingerprint density at radius 1 is 1.62 bits per heavy atom. The summed E-state index contributed by atoms with van der Waals surface area (Å²) in [6, 6.07) is 1.82. The summed E-state index contributed by atoms with van der Waals surface area (Å²) in [5.74, 6) is 0.0937. The zero-order valence-electron chi connectivity index (χ0n) is 9.60. The first-order valence-electron chi connectivity index (χ1n) is 5.27. The molecule has 1 aliphatic rings. The van der Waals surface area contributed by atoms with Crippen LogP contribution in [0.25, 0.3) is 0 Å². The molecule has 2 rings (SSSR count). The van der Waals surface area contributed by atoms with E-state index in [0.29, 0.717) is 18.8 Å². The molecular formula is C11H16N4O. The van der Waals surface area contributed by atoms with Gasteiger partial charge in [-0.3, -0.25) is 9.78 Å². The van der Waals surface area contributed by atoms with Crippen molar-refractivity contribution in [2.45, 2.75) is 6.42 Å². The number of anilines is 2. The van der Waals surface area contributed by atoms with Crippen molar-refractivity contribution < 1.29 is 4.79 Å². The lowest BCUT2D eigenvalue weighted by atomic mass is 10.3. The number of carbonyl (C=O) groups is 1. The molecule has 1 amide bonds. The van der Waals surface area contributed by atoms with Crippen LogP contribution in [0.3, 0.4) is 0 Å². The quantitative estimate of drug-likeness (QED) is 0.768. The Kier molecular flexibility index (Phi) is 2.78. The molecule has 1 aliphatic heterocycles. The summed E-state index contributed by atoms with van der Waals surface area (Å²) in [5, 5.41) is 0.